The first-order valence-corrected chi connectivity index (χ1v) is 6.15. The molecule has 1 aliphatic rings. The highest BCUT2D eigenvalue weighted by Gasteiger charge is 2.35. The number of pyridine rings is 1. The summed E-state index contributed by atoms with van der Waals surface area (Å²) in [7, 11) is 0. The van der Waals surface area contributed by atoms with Crippen LogP contribution >= 0.6 is 12.4 Å². The maximum absolute atomic E-state index is 12.9. The Morgan fingerprint density at radius 3 is 2.43 bits per heavy atom. The molecule has 1 aromatic rings. The summed E-state index contributed by atoms with van der Waals surface area (Å²) in [5, 5.41) is 3.12. The maximum Gasteiger partial charge on any atom is 0.418 e. The van der Waals surface area contributed by atoms with Gasteiger partial charge in [0.15, 0.2) is 0 Å². The Morgan fingerprint density at radius 2 is 1.95 bits per heavy atom. The van der Waals surface area contributed by atoms with E-state index in [4.69, 9.17) is 5.73 Å². The van der Waals surface area contributed by atoms with E-state index in [1.54, 1.807) is 4.90 Å². The van der Waals surface area contributed by atoms with Gasteiger partial charge in [0.2, 0.25) is 0 Å². The first-order chi connectivity index (χ1) is 9.30. The first-order valence-electron chi connectivity index (χ1n) is 6.15. The molecule has 1 amide bonds. The molecule has 2 rings (SSSR count). The Morgan fingerprint density at radius 1 is 1.38 bits per heavy atom. The van der Waals surface area contributed by atoms with Crippen LogP contribution in [0.15, 0.2) is 6.07 Å². The van der Waals surface area contributed by atoms with E-state index >= 15 is 0 Å². The number of alkyl halides is 3. The summed E-state index contributed by atoms with van der Waals surface area (Å²) in [6.07, 6.45) is -4.55. The third-order valence-corrected chi connectivity index (χ3v) is 3.18. The Hall–Kier alpha value is -1.54. The molecule has 1 aliphatic heterocycles. The summed E-state index contributed by atoms with van der Waals surface area (Å²) in [4.78, 5) is 17.2. The lowest BCUT2D eigenvalue weighted by Crippen LogP contribution is -2.44. The zero-order valence-electron chi connectivity index (χ0n) is 11.3. The van der Waals surface area contributed by atoms with Gasteiger partial charge in [-0.2, -0.15) is 13.2 Å². The summed E-state index contributed by atoms with van der Waals surface area (Å²) in [5.74, 6) is -0.680. The van der Waals surface area contributed by atoms with E-state index in [1.807, 2.05) is 0 Å². The van der Waals surface area contributed by atoms with Crippen LogP contribution in [0.1, 0.15) is 21.6 Å². The minimum Gasteiger partial charge on any atom is -0.365 e. The molecule has 0 radical (unpaired) electrons. The van der Waals surface area contributed by atoms with Gasteiger partial charge in [0.1, 0.15) is 5.82 Å². The fourth-order valence-corrected chi connectivity index (χ4v) is 2.18. The molecular formula is C12H16ClF3N4O. The van der Waals surface area contributed by atoms with Gasteiger partial charge >= 0.3 is 6.18 Å². The molecule has 0 spiro atoms. The van der Waals surface area contributed by atoms with Crippen LogP contribution in [0.3, 0.4) is 0 Å². The molecule has 0 aliphatic carbocycles. The fourth-order valence-electron chi connectivity index (χ4n) is 2.18. The predicted octanol–water partition coefficient (Wildman–Crippen LogP) is 1.34. The summed E-state index contributed by atoms with van der Waals surface area (Å²) < 4.78 is 38.6. The van der Waals surface area contributed by atoms with E-state index in [-0.39, 0.29) is 29.5 Å². The molecule has 1 saturated heterocycles. The second kappa shape index (κ2) is 6.48. The van der Waals surface area contributed by atoms with Gasteiger partial charge in [0.05, 0.1) is 16.8 Å². The van der Waals surface area contributed by atoms with Crippen molar-refractivity contribution in [1.29, 1.82) is 0 Å². The molecule has 3 N–H and O–H groups in total. The average molecular weight is 325 g/mol. The van der Waals surface area contributed by atoms with Crippen molar-refractivity contribution in [3.8, 4) is 0 Å². The van der Waals surface area contributed by atoms with Crippen molar-refractivity contribution in [1.82, 2.24) is 10.3 Å². The molecule has 0 aromatic carbocycles. The van der Waals surface area contributed by atoms with Gasteiger partial charge < -0.3 is 16.0 Å². The first kappa shape index (κ1) is 17.5. The Balaban J connectivity index is 0.00000220. The van der Waals surface area contributed by atoms with Crippen molar-refractivity contribution in [2.75, 3.05) is 31.1 Å². The summed E-state index contributed by atoms with van der Waals surface area (Å²) in [6, 6.07) is 0.794. The molecular weight excluding hydrogens is 309 g/mol. The van der Waals surface area contributed by atoms with E-state index in [2.05, 4.69) is 10.3 Å². The Bertz CT molecular complexity index is 530. The van der Waals surface area contributed by atoms with Crippen LogP contribution in [-0.4, -0.2) is 37.1 Å². The van der Waals surface area contributed by atoms with Crippen molar-refractivity contribution in [3.05, 3.63) is 22.9 Å². The van der Waals surface area contributed by atoms with Crippen molar-refractivity contribution in [2.45, 2.75) is 13.1 Å². The van der Waals surface area contributed by atoms with Crippen LogP contribution in [0, 0.1) is 6.92 Å². The fraction of sp³-hybridized carbons (Fsp3) is 0.500. The molecule has 5 nitrogen and oxygen atoms in total. The number of nitrogens with two attached hydrogens (primary N) is 1. The Labute approximate surface area is 126 Å². The number of aryl methyl sites for hydroxylation is 1. The van der Waals surface area contributed by atoms with Crippen LogP contribution in [-0.2, 0) is 6.18 Å². The molecule has 2 heterocycles. The summed E-state index contributed by atoms with van der Waals surface area (Å²) in [6.45, 7) is 3.77. The molecule has 9 heteroatoms. The van der Waals surface area contributed by atoms with E-state index in [0.29, 0.717) is 26.2 Å². The van der Waals surface area contributed by atoms with E-state index in [9.17, 15) is 18.0 Å². The molecule has 0 atom stereocenters. The van der Waals surface area contributed by atoms with Gasteiger partial charge in [-0.25, -0.2) is 4.98 Å². The van der Waals surface area contributed by atoms with Crippen LogP contribution in [0.4, 0.5) is 19.0 Å². The molecule has 0 bridgehead atoms. The molecule has 0 saturated carbocycles. The summed E-state index contributed by atoms with van der Waals surface area (Å²) >= 11 is 0. The average Bonchev–Trinajstić information content (AvgIpc) is 2.37. The van der Waals surface area contributed by atoms with Crippen molar-refractivity contribution in [3.63, 3.8) is 0 Å². The monoisotopic (exact) mass is 324 g/mol. The maximum atomic E-state index is 12.9. The SMILES string of the molecule is Cc1nc(N2CCNCC2)c(C(N)=O)cc1C(F)(F)F.Cl. The molecule has 21 heavy (non-hydrogen) atoms. The number of carbonyl (C=O) groups is 1. The standard InChI is InChI=1S/C12H15F3N4O.ClH/c1-7-9(12(13,14)15)6-8(10(16)20)11(18-7)19-4-2-17-3-5-19;/h6,17H,2-5H2,1H3,(H2,16,20);1H. The second-order valence-electron chi connectivity index (χ2n) is 4.59. The van der Waals surface area contributed by atoms with Crippen LogP contribution < -0.4 is 16.0 Å². The van der Waals surface area contributed by atoms with Gasteiger partial charge in [0, 0.05) is 26.2 Å². The number of amides is 1. The highest BCUT2D eigenvalue weighted by Crippen LogP contribution is 2.34. The number of rotatable bonds is 2. The summed E-state index contributed by atoms with van der Waals surface area (Å²) in [5.41, 5.74) is 3.92. The number of hydrogen-bond donors (Lipinski definition) is 2. The minimum absolute atomic E-state index is 0. The molecule has 1 fully saturated rings. The number of halogens is 4. The highest BCUT2D eigenvalue weighted by atomic mass is 35.5. The topological polar surface area (TPSA) is 71.2 Å². The van der Waals surface area contributed by atoms with Crippen molar-refractivity contribution >= 4 is 24.1 Å². The number of nitrogens with one attached hydrogen (secondary N) is 1. The second-order valence-corrected chi connectivity index (χ2v) is 4.59. The number of carbonyl (C=O) groups excluding carboxylic acids is 1. The lowest BCUT2D eigenvalue weighted by molar-refractivity contribution is -0.138. The number of aromatic nitrogens is 1. The zero-order valence-corrected chi connectivity index (χ0v) is 12.1. The van der Waals surface area contributed by atoms with Crippen molar-refractivity contribution in [2.24, 2.45) is 5.73 Å². The number of primary amides is 1. The third kappa shape index (κ3) is 3.76. The van der Waals surface area contributed by atoms with Gasteiger partial charge in [-0.15, -0.1) is 12.4 Å². The molecule has 0 unspecified atom stereocenters. The number of hydrogen-bond acceptors (Lipinski definition) is 4. The number of anilines is 1. The van der Waals surface area contributed by atoms with Gasteiger partial charge in [-0.1, -0.05) is 0 Å². The Kier molecular flexibility index (Phi) is 5.41. The largest absolute Gasteiger partial charge is 0.418 e. The van der Waals surface area contributed by atoms with Gasteiger partial charge in [-0.05, 0) is 13.0 Å². The van der Waals surface area contributed by atoms with Gasteiger partial charge in [0.25, 0.3) is 5.91 Å². The normalized spacial score (nSPS) is 15.5. The van der Waals surface area contributed by atoms with Gasteiger partial charge in [-0.3, -0.25) is 4.79 Å². The van der Waals surface area contributed by atoms with Crippen LogP contribution in [0.25, 0.3) is 0 Å². The van der Waals surface area contributed by atoms with E-state index in [1.165, 1.54) is 6.92 Å². The minimum atomic E-state index is -4.55. The lowest BCUT2D eigenvalue weighted by atomic mass is 10.1. The number of piperazine rings is 1. The number of nitrogens with zero attached hydrogens (tertiary/aromatic N) is 2. The molecule has 118 valence electrons. The van der Waals surface area contributed by atoms with Crippen LogP contribution in [0.2, 0.25) is 0 Å². The predicted molar refractivity (Wildman–Crippen MR) is 74.8 cm³/mol. The van der Waals surface area contributed by atoms with E-state index < -0.39 is 17.6 Å². The lowest BCUT2D eigenvalue weighted by Gasteiger charge is -2.30. The van der Waals surface area contributed by atoms with E-state index in [0.717, 1.165) is 6.07 Å². The highest BCUT2D eigenvalue weighted by molar-refractivity contribution is 5.98. The quantitative estimate of drug-likeness (QED) is 0.861. The third-order valence-electron chi connectivity index (χ3n) is 3.18. The molecule has 1 aromatic heterocycles. The van der Waals surface area contributed by atoms with Crippen LogP contribution in [0.5, 0.6) is 0 Å². The zero-order chi connectivity index (χ0) is 14.9. The smallest absolute Gasteiger partial charge is 0.365 e. The van der Waals surface area contributed by atoms with Crippen molar-refractivity contribution < 1.29 is 18.0 Å².